The Morgan fingerprint density at radius 3 is 2.85 bits per heavy atom. The monoisotopic (exact) mass is 182 g/mol. The SMILES string of the molecule is COC(=O)C(C)Oc1cnccn1. The molecule has 0 fully saturated rings. The zero-order valence-corrected chi connectivity index (χ0v) is 7.43. The normalized spacial score (nSPS) is 11.8. The highest BCUT2D eigenvalue weighted by molar-refractivity contribution is 5.74. The van der Waals surface area contributed by atoms with Gasteiger partial charge in [0.25, 0.3) is 0 Å². The van der Waals surface area contributed by atoms with Gasteiger partial charge in [-0.05, 0) is 6.92 Å². The average Bonchev–Trinajstić information content (AvgIpc) is 2.18. The molecule has 0 aliphatic heterocycles. The van der Waals surface area contributed by atoms with Crippen LogP contribution in [0, 0.1) is 0 Å². The van der Waals surface area contributed by atoms with Crippen LogP contribution in [0.2, 0.25) is 0 Å². The number of ether oxygens (including phenoxy) is 2. The number of esters is 1. The van der Waals surface area contributed by atoms with Gasteiger partial charge >= 0.3 is 5.97 Å². The quantitative estimate of drug-likeness (QED) is 0.634. The molecule has 70 valence electrons. The van der Waals surface area contributed by atoms with Crippen LogP contribution in [0.4, 0.5) is 0 Å². The van der Waals surface area contributed by atoms with E-state index in [1.165, 1.54) is 25.7 Å². The molecule has 0 aromatic carbocycles. The number of hydrogen-bond acceptors (Lipinski definition) is 5. The Labute approximate surface area is 75.7 Å². The van der Waals surface area contributed by atoms with Gasteiger partial charge in [-0.3, -0.25) is 4.98 Å². The Kier molecular flexibility index (Phi) is 3.19. The van der Waals surface area contributed by atoms with Crippen molar-refractivity contribution in [3.05, 3.63) is 18.6 Å². The minimum absolute atomic E-state index is 0.306. The minimum atomic E-state index is -0.665. The molecule has 1 aromatic heterocycles. The van der Waals surface area contributed by atoms with E-state index in [4.69, 9.17) is 4.74 Å². The summed E-state index contributed by atoms with van der Waals surface area (Å²) in [5.41, 5.74) is 0. The topological polar surface area (TPSA) is 61.3 Å². The van der Waals surface area contributed by atoms with Gasteiger partial charge in [0.15, 0.2) is 6.10 Å². The summed E-state index contributed by atoms with van der Waals surface area (Å²) in [5, 5.41) is 0. The first kappa shape index (κ1) is 9.44. The molecule has 1 atom stereocenters. The summed E-state index contributed by atoms with van der Waals surface area (Å²) in [7, 11) is 1.30. The molecule has 0 saturated heterocycles. The van der Waals surface area contributed by atoms with Crippen LogP contribution in [0.3, 0.4) is 0 Å². The Morgan fingerprint density at radius 2 is 2.31 bits per heavy atom. The van der Waals surface area contributed by atoms with Crippen LogP contribution < -0.4 is 4.74 Å². The van der Waals surface area contributed by atoms with E-state index in [-0.39, 0.29) is 0 Å². The molecule has 1 aromatic rings. The van der Waals surface area contributed by atoms with Crippen molar-refractivity contribution < 1.29 is 14.3 Å². The number of carbonyl (C=O) groups excluding carboxylic acids is 1. The number of rotatable bonds is 3. The molecule has 0 aliphatic carbocycles. The molecule has 0 N–H and O–H groups in total. The van der Waals surface area contributed by atoms with Crippen molar-refractivity contribution in [3.8, 4) is 5.88 Å². The lowest BCUT2D eigenvalue weighted by atomic mass is 10.4. The molecule has 0 bridgehead atoms. The fourth-order valence-electron chi connectivity index (χ4n) is 0.741. The van der Waals surface area contributed by atoms with Gasteiger partial charge in [0.05, 0.1) is 13.3 Å². The van der Waals surface area contributed by atoms with E-state index in [1.807, 2.05) is 0 Å². The largest absolute Gasteiger partial charge is 0.466 e. The summed E-state index contributed by atoms with van der Waals surface area (Å²) >= 11 is 0. The fourth-order valence-corrected chi connectivity index (χ4v) is 0.741. The third kappa shape index (κ3) is 2.70. The van der Waals surface area contributed by atoms with E-state index in [0.717, 1.165) is 0 Å². The lowest BCUT2D eigenvalue weighted by Gasteiger charge is -2.10. The van der Waals surface area contributed by atoms with Gasteiger partial charge in [-0.1, -0.05) is 0 Å². The number of methoxy groups -OCH3 is 1. The molecular formula is C8H10N2O3. The first-order valence-corrected chi connectivity index (χ1v) is 3.74. The van der Waals surface area contributed by atoms with E-state index < -0.39 is 12.1 Å². The number of hydrogen-bond donors (Lipinski definition) is 0. The van der Waals surface area contributed by atoms with Crippen LogP contribution in [-0.2, 0) is 9.53 Å². The predicted octanol–water partition coefficient (Wildman–Crippen LogP) is 0.417. The smallest absolute Gasteiger partial charge is 0.346 e. The molecule has 5 nitrogen and oxygen atoms in total. The van der Waals surface area contributed by atoms with Gasteiger partial charge in [0.1, 0.15) is 0 Å². The van der Waals surface area contributed by atoms with Crippen molar-refractivity contribution in [2.75, 3.05) is 7.11 Å². The second kappa shape index (κ2) is 4.39. The predicted molar refractivity (Wildman–Crippen MR) is 44.1 cm³/mol. The highest BCUT2D eigenvalue weighted by atomic mass is 16.6. The van der Waals surface area contributed by atoms with Crippen LogP contribution in [0.5, 0.6) is 5.88 Å². The van der Waals surface area contributed by atoms with Crippen LogP contribution in [-0.4, -0.2) is 29.2 Å². The van der Waals surface area contributed by atoms with Gasteiger partial charge in [-0.2, -0.15) is 0 Å². The minimum Gasteiger partial charge on any atom is -0.466 e. The van der Waals surface area contributed by atoms with Crippen molar-refractivity contribution in [1.82, 2.24) is 9.97 Å². The lowest BCUT2D eigenvalue weighted by Crippen LogP contribution is -2.25. The molecule has 0 amide bonds. The maximum Gasteiger partial charge on any atom is 0.346 e. The molecule has 0 radical (unpaired) electrons. The third-order valence-electron chi connectivity index (χ3n) is 1.37. The second-order valence-corrected chi connectivity index (χ2v) is 2.33. The van der Waals surface area contributed by atoms with E-state index in [1.54, 1.807) is 6.92 Å². The van der Waals surface area contributed by atoms with E-state index in [2.05, 4.69) is 14.7 Å². The zero-order chi connectivity index (χ0) is 9.68. The fraction of sp³-hybridized carbons (Fsp3) is 0.375. The first-order chi connectivity index (χ1) is 6.24. The average molecular weight is 182 g/mol. The summed E-state index contributed by atoms with van der Waals surface area (Å²) in [6.07, 6.45) is 3.77. The van der Waals surface area contributed by atoms with Crippen LogP contribution >= 0.6 is 0 Å². The molecule has 1 heterocycles. The van der Waals surface area contributed by atoms with Gasteiger partial charge < -0.3 is 9.47 Å². The van der Waals surface area contributed by atoms with Crippen LogP contribution in [0.15, 0.2) is 18.6 Å². The standard InChI is InChI=1S/C8H10N2O3/c1-6(8(11)12-2)13-7-5-9-3-4-10-7/h3-6H,1-2H3. The van der Waals surface area contributed by atoms with Gasteiger partial charge in [0.2, 0.25) is 5.88 Å². The van der Waals surface area contributed by atoms with Crippen molar-refractivity contribution in [2.45, 2.75) is 13.0 Å². The lowest BCUT2D eigenvalue weighted by molar-refractivity contribution is -0.148. The summed E-state index contributed by atoms with van der Waals surface area (Å²) < 4.78 is 9.59. The molecule has 0 saturated carbocycles. The molecule has 0 aliphatic rings. The number of carbonyl (C=O) groups is 1. The van der Waals surface area contributed by atoms with Gasteiger partial charge in [-0.15, -0.1) is 0 Å². The highest BCUT2D eigenvalue weighted by Crippen LogP contribution is 2.04. The third-order valence-corrected chi connectivity index (χ3v) is 1.37. The molecule has 5 heteroatoms. The molecule has 1 rings (SSSR count). The molecule has 0 spiro atoms. The first-order valence-electron chi connectivity index (χ1n) is 3.74. The van der Waals surface area contributed by atoms with Crippen molar-refractivity contribution in [2.24, 2.45) is 0 Å². The molecule has 1 unspecified atom stereocenters. The van der Waals surface area contributed by atoms with Crippen molar-refractivity contribution >= 4 is 5.97 Å². The number of nitrogens with zero attached hydrogens (tertiary/aromatic N) is 2. The summed E-state index contributed by atoms with van der Waals surface area (Å²) in [6, 6.07) is 0. The maximum absolute atomic E-state index is 10.9. The van der Waals surface area contributed by atoms with Gasteiger partial charge in [0, 0.05) is 12.4 Å². The Balaban J connectivity index is 2.55. The molecular weight excluding hydrogens is 172 g/mol. The van der Waals surface area contributed by atoms with E-state index in [9.17, 15) is 4.79 Å². The Hall–Kier alpha value is -1.65. The van der Waals surface area contributed by atoms with Crippen LogP contribution in [0.25, 0.3) is 0 Å². The van der Waals surface area contributed by atoms with Crippen molar-refractivity contribution in [3.63, 3.8) is 0 Å². The zero-order valence-electron chi connectivity index (χ0n) is 7.43. The summed E-state index contributed by atoms with van der Waals surface area (Å²) in [6.45, 7) is 1.58. The highest BCUT2D eigenvalue weighted by Gasteiger charge is 2.14. The number of aromatic nitrogens is 2. The van der Waals surface area contributed by atoms with E-state index >= 15 is 0 Å². The van der Waals surface area contributed by atoms with E-state index in [0.29, 0.717) is 5.88 Å². The second-order valence-electron chi connectivity index (χ2n) is 2.33. The maximum atomic E-state index is 10.9. The summed E-state index contributed by atoms with van der Waals surface area (Å²) in [5.74, 6) is -0.133. The van der Waals surface area contributed by atoms with Crippen molar-refractivity contribution in [1.29, 1.82) is 0 Å². The molecule has 13 heavy (non-hydrogen) atoms. The summed E-state index contributed by atoms with van der Waals surface area (Å²) in [4.78, 5) is 18.5. The Morgan fingerprint density at radius 1 is 1.54 bits per heavy atom. The Bertz CT molecular complexity index is 276. The van der Waals surface area contributed by atoms with Crippen LogP contribution in [0.1, 0.15) is 6.92 Å². The van der Waals surface area contributed by atoms with Gasteiger partial charge in [-0.25, -0.2) is 9.78 Å².